The zero-order chi connectivity index (χ0) is 13.1. The summed E-state index contributed by atoms with van der Waals surface area (Å²) in [4.78, 5) is 2.92. The molecule has 1 heterocycles. The normalized spacial score (nSPS) is 9.56. The van der Waals surface area contributed by atoms with Crippen molar-refractivity contribution < 1.29 is 8.78 Å². The first kappa shape index (κ1) is 11.7. The fourth-order valence-electron chi connectivity index (χ4n) is 1.63. The topological polar surface area (TPSA) is 60.5 Å². The Morgan fingerprint density at radius 1 is 0.889 bits per heavy atom. The van der Waals surface area contributed by atoms with Gasteiger partial charge >= 0.3 is 0 Å². The van der Waals surface area contributed by atoms with Crippen LogP contribution in [0.3, 0.4) is 0 Å². The van der Waals surface area contributed by atoms with Gasteiger partial charge in [-0.15, -0.1) is 0 Å². The molecule has 0 aliphatic carbocycles. The first-order valence-corrected chi connectivity index (χ1v) is 4.93. The van der Waals surface area contributed by atoms with E-state index in [1.807, 2.05) is 0 Å². The molecule has 0 amide bonds. The Morgan fingerprint density at radius 2 is 1.39 bits per heavy atom. The molecule has 5 heteroatoms. The van der Waals surface area contributed by atoms with Gasteiger partial charge in [0.2, 0.25) is 11.9 Å². The number of aromatic nitrogens is 1. The van der Waals surface area contributed by atoms with E-state index in [0.717, 1.165) is 0 Å². The first-order chi connectivity index (χ1) is 8.69. The molecule has 0 aliphatic heterocycles. The monoisotopic (exact) mass is 241 g/mol. The zero-order valence-electron chi connectivity index (χ0n) is 8.98. The number of pyridine rings is 1. The third-order valence-corrected chi connectivity index (χ3v) is 2.39. The molecule has 3 nitrogen and oxygen atoms in total. The lowest BCUT2D eigenvalue weighted by Gasteiger charge is -2.07. The van der Waals surface area contributed by atoms with Gasteiger partial charge in [-0.2, -0.15) is 24.3 Å². The molecule has 1 aromatic carbocycles. The zero-order valence-corrected chi connectivity index (χ0v) is 8.98. The van der Waals surface area contributed by atoms with E-state index in [4.69, 9.17) is 10.5 Å². The number of hydrogen-bond donors (Lipinski definition) is 0. The lowest BCUT2D eigenvalue weighted by atomic mass is 9.97. The highest BCUT2D eigenvalue weighted by Gasteiger charge is 2.21. The number of nitrogens with zero attached hydrogens (tertiary/aromatic N) is 3. The number of hydrogen-bond acceptors (Lipinski definition) is 3. The molecule has 0 saturated carbocycles. The maximum atomic E-state index is 13.4. The summed E-state index contributed by atoms with van der Waals surface area (Å²) in [7, 11) is 0. The van der Waals surface area contributed by atoms with Crippen LogP contribution in [0.15, 0.2) is 30.3 Å². The van der Waals surface area contributed by atoms with Crippen LogP contribution in [0.4, 0.5) is 8.78 Å². The van der Waals surface area contributed by atoms with Crippen LogP contribution in [-0.2, 0) is 0 Å². The summed E-state index contributed by atoms with van der Waals surface area (Å²) in [6.07, 6.45) is 0. The van der Waals surface area contributed by atoms with Gasteiger partial charge in [-0.3, -0.25) is 0 Å². The highest BCUT2D eigenvalue weighted by molar-refractivity contribution is 5.76. The maximum absolute atomic E-state index is 13.4. The van der Waals surface area contributed by atoms with E-state index in [9.17, 15) is 8.78 Å². The van der Waals surface area contributed by atoms with E-state index < -0.39 is 23.0 Å². The summed E-state index contributed by atoms with van der Waals surface area (Å²) in [6, 6.07) is 11.4. The van der Waals surface area contributed by atoms with Crippen LogP contribution in [0.5, 0.6) is 0 Å². The standard InChI is InChI=1S/C13H5F2N3/c14-12-9(6-16)11(8-4-2-1-3-5-8)10(7-17)13(15)18-12/h1-5H. The van der Waals surface area contributed by atoms with Gasteiger partial charge < -0.3 is 0 Å². The summed E-state index contributed by atoms with van der Waals surface area (Å²) in [6.45, 7) is 0. The summed E-state index contributed by atoms with van der Waals surface area (Å²) in [5.41, 5.74) is -0.533. The second-order valence-corrected chi connectivity index (χ2v) is 3.41. The van der Waals surface area contributed by atoms with Crippen molar-refractivity contribution in [2.75, 3.05) is 0 Å². The number of nitriles is 2. The summed E-state index contributed by atoms with van der Waals surface area (Å²) in [5.74, 6) is -2.43. The molecule has 0 aliphatic rings. The molecular formula is C13H5F2N3. The Labute approximate surface area is 102 Å². The molecule has 2 aromatic rings. The highest BCUT2D eigenvalue weighted by Crippen LogP contribution is 2.29. The van der Waals surface area contributed by atoms with Gasteiger partial charge in [0.05, 0.1) is 0 Å². The molecule has 18 heavy (non-hydrogen) atoms. The van der Waals surface area contributed by atoms with Gasteiger partial charge in [-0.05, 0) is 5.56 Å². The minimum atomic E-state index is -1.21. The smallest absolute Gasteiger partial charge is 0.192 e. The van der Waals surface area contributed by atoms with Gasteiger partial charge in [0.1, 0.15) is 23.3 Å². The lowest BCUT2D eigenvalue weighted by Crippen LogP contribution is -2.02. The minimum absolute atomic E-state index is 0.0643. The average molecular weight is 241 g/mol. The Morgan fingerprint density at radius 3 is 1.83 bits per heavy atom. The van der Waals surface area contributed by atoms with Crippen molar-refractivity contribution in [3.8, 4) is 23.3 Å². The lowest BCUT2D eigenvalue weighted by molar-refractivity contribution is 0.509. The van der Waals surface area contributed by atoms with Crippen molar-refractivity contribution in [2.24, 2.45) is 0 Å². The predicted molar refractivity (Wildman–Crippen MR) is 59.0 cm³/mol. The molecule has 0 fully saturated rings. The number of benzene rings is 1. The van der Waals surface area contributed by atoms with Crippen molar-refractivity contribution in [1.82, 2.24) is 4.98 Å². The summed E-state index contributed by atoms with van der Waals surface area (Å²) >= 11 is 0. The van der Waals surface area contributed by atoms with Gasteiger partial charge in [-0.25, -0.2) is 0 Å². The largest absolute Gasteiger partial charge is 0.234 e. The molecule has 2 rings (SSSR count). The van der Waals surface area contributed by atoms with Crippen molar-refractivity contribution in [3.05, 3.63) is 53.4 Å². The quantitative estimate of drug-likeness (QED) is 0.721. The first-order valence-electron chi connectivity index (χ1n) is 4.93. The second-order valence-electron chi connectivity index (χ2n) is 3.41. The fraction of sp³-hybridized carbons (Fsp3) is 0. The van der Waals surface area contributed by atoms with E-state index in [0.29, 0.717) is 5.56 Å². The molecular weight excluding hydrogens is 236 g/mol. The van der Waals surface area contributed by atoms with Crippen molar-refractivity contribution >= 4 is 0 Å². The van der Waals surface area contributed by atoms with Crippen LogP contribution >= 0.6 is 0 Å². The van der Waals surface area contributed by atoms with E-state index in [1.54, 1.807) is 42.5 Å². The molecule has 0 spiro atoms. The molecule has 1 aromatic heterocycles. The van der Waals surface area contributed by atoms with Crippen molar-refractivity contribution in [1.29, 1.82) is 10.5 Å². The predicted octanol–water partition coefficient (Wildman–Crippen LogP) is 2.77. The van der Waals surface area contributed by atoms with Crippen LogP contribution in [0.1, 0.15) is 11.1 Å². The SMILES string of the molecule is N#Cc1c(F)nc(F)c(C#N)c1-c1ccccc1. The van der Waals surface area contributed by atoms with E-state index in [2.05, 4.69) is 4.98 Å². The maximum Gasteiger partial charge on any atom is 0.234 e. The molecule has 0 N–H and O–H groups in total. The Kier molecular flexibility index (Phi) is 2.99. The number of halogens is 2. The van der Waals surface area contributed by atoms with Crippen LogP contribution in [0.25, 0.3) is 11.1 Å². The molecule has 0 radical (unpaired) electrons. The Balaban J connectivity index is 2.89. The number of rotatable bonds is 1. The van der Waals surface area contributed by atoms with Crippen LogP contribution < -0.4 is 0 Å². The Bertz CT molecular complexity index is 644. The highest BCUT2D eigenvalue weighted by atomic mass is 19.1. The Hall–Kier alpha value is -2.79. The van der Waals surface area contributed by atoms with Crippen LogP contribution in [0, 0.1) is 34.6 Å². The van der Waals surface area contributed by atoms with Crippen LogP contribution in [0.2, 0.25) is 0 Å². The van der Waals surface area contributed by atoms with E-state index in [1.165, 1.54) is 0 Å². The van der Waals surface area contributed by atoms with Crippen molar-refractivity contribution in [2.45, 2.75) is 0 Å². The molecule has 0 saturated heterocycles. The fourth-order valence-corrected chi connectivity index (χ4v) is 1.63. The minimum Gasteiger partial charge on any atom is -0.192 e. The summed E-state index contributed by atoms with van der Waals surface area (Å²) in [5, 5.41) is 17.8. The molecule has 86 valence electrons. The van der Waals surface area contributed by atoms with Crippen molar-refractivity contribution in [3.63, 3.8) is 0 Å². The third-order valence-electron chi connectivity index (χ3n) is 2.39. The molecule has 0 bridgehead atoms. The average Bonchev–Trinajstić information content (AvgIpc) is 2.39. The molecule has 0 atom stereocenters. The van der Waals surface area contributed by atoms with Gasteiger partial charge in [0.25, 0.3) is 0 Å². The van der Waals surface area contributed by atoms with Gasteiger partial charge in [0.15, 0.2) is 0 Å². The van der Waals surface area contributed by atoms with Gasteiger partial charge in [0, 0.05) is 5.56 Å². The third kappa shape index (κ3) is 1.79. The van der Waals surface area contributed by atoms with Gasteiger partial charge in [-0.1, -0.05) is 30.3 Å². The van der Waals surface area contributed by atoms with Crippen LogP contribution in [-0.4, -0.2) is 4.98 Å². The molecule has 0 unspecified atom stereocenters. The summed E-state index contributed by atoms with van der Waals surface area (Å²) < 4.78 is 26.9. The van der Waals surface area contributed by atoms with E-state index >= 15 is 0 Å². The van der Waals surface area contributed by atoms with E-state index in [-0.39, 0.29) is 5.56 Å². The second kappa shape index (κ2) is 4.60.